The van der Waals surface area contributed by atoms with Crippen LogP contribution >= 0.6 is 0 Å². The molecule has 0 spiro atoms. The number of aromatic amines is 1. The second-order valence-electron chi connectivity index (χ2n) is 7.89. The third-order valence-electron chi connectivity index (χ3n) is 5.77. The molecule has 1 fully saturated rings. The molecule has 4 nitrogen and oxygen atoms in total. The lowest BCUT2D eigenvalue weighted by atomic mass is 9.85. The molecule has 1 aromatic carbocycles. The fourth-order valence-corrected chi connectivity index (χ4v) is 4.18. The van der Waals surface area contributed by atoms with Gasteiger partial charge in [-0.15, -0.1) is 0 Å². The molecular weight excluding hydrogens is 322 g/mol. The first kappa shape index (κ1) is 19.0. The zero-order valence-electron chi connectivity index (χ0n) is 16.5. The van der Waals surface area contributed by atoms with Crippen molar-refractivity contribution >= 4 is 16.8 Å². The largest absolute Gasteiger partial charge is 0.361 e. The Morgan fingerprint density at radius 3 is 2.73 bits per heavy atom. The summed E-state index contributed by atoms with van der Waals surface area (Å²) in [6, 6.07) is 6.49. The molecule has 2 aromatic rings. The van der Waals surface area contributed by atoms with Crippen LogP contribution in [0.15, 0.2) is 24.4 Å². The number of nitrogens with one attached hydrogen (secondary N) is 2. The van der Waals surface area contributed by atoms with Crippen LogP contribution in [0.1, 0.15) is 57.1 Å². The van der Waals surface area contributed by atoms with Crippen LogP contribution in [0, 0.1) is 5.92 Å². The number of aromatic nitrogens is 1. The van der Waals surface area contributed by atoms with Crippen LogP contribution < -0.4 is 5.32 Å². The van der Waals surface area contributed by atoms with Crippen LogP contribution in [-0.2, 0) is 11.2 Å². The van der Waals surface area contributed by atoms with Gasteiger partial charge in [0.05, 0.1) is 0 Å². The number of H-pyrrole nitrogens is 1. The van der Waals surface area contributed by atoms with Gasteiger partial charge < -0.3 is 15.2 Å². The van der Waals surface area contributed by atoms with E-state index in [1.54, 1.807) is 0 Å². The van der Waals surface area contributed by atoms with E-state index in [2.05, 4.69) is 60.4 Å². The molecule has 3 rings (SSSR count). The van der Waals surface area contributed by atoms with Gasteiger partial charge in [0.2, 0.25) is 5.91 Å². The fraction of sp³-hybridized carbons (Fsp3) is 0.591. The lowest BCUT2D eigenvalue weighted by molar-refractivity contribution is -0.121. The number of para-hydroxylation sites is 1. The highest BCUT2D eigenvalue weighted by Gasteiger charge is 2.23. The number of likely N-dealkylation sites (tertiary alicyclic amines) is 1. The standard InChI is InChI=1S/C22H33N3O/c1-4-17-8-7-9-18-20(15-24-22(17)18)19(16(2)3)14-21(26)23-10-13-25-11-5-6-12-25/h7-9,15-16,19,24H,4-6,10-14H2,1-3H3,(H,23,26)/t19-/m0/s1. The molecule has 0 aliphatic carbocycles. The molecule has 142 valence electrons. The molecule has 4 heteroatoms. The first-order chi connectivity index (χ1) is 12.6. The predicted octanol–water partition coefficient (Wildman–Crippen LogP) is 4.07. The number of nitrogens with zero attached hydrogens (tertiary/aromatic N) is 1. The predicted molar refractivity (Wildman–Crippen MR) is 109 cm³/mol. The average Bonchev–Trinajstić information content (AvgIpc) is 3.28. The minimum atomic E-state index is 0.170. The third kappa shape index (κ3) is 4.29. The molecular formula is C22H33N3O. The Morgan fingerprint density at radius 2 is 2.04 bits per heavy atom. The van der Waals surface area contributed by atoms with E-state index >= 15 is 0 Å². The summed E-state index contributed by atoms with van der Waals surface area (Å²) in [5.74, 6) is 0.829. The minimum absolute atomic E-state index is 0.170. The molecule has 1 atom stereocenters. The topological polar surface area (TPSA) is 48.1 Å². The van der Waals surface area contributed by atoms with Crippen molar-refractivity contribution in [2.24, 2.45) is 5.92 Å². The van der Waals surface area contributed by atoms with E-state index in [4.69, 9.17) is 0 Å². The van der Waals surface area contributed by atoms with Crippen LogP contribution in [-0.4, -0.2) is 42.0 Å². The summed E-state index contributed by atoms with van der Waals surface area (Å²) in [7, 11) is 0. The van der Waals surface area contributed by atoms with Crippen molar-refractivity contribution in [1.82, 2.24) is 15.2 Å². The zero-order valence-corrected chi connectivity index (χ0v) is 16.5. The van der Waals surface area contributed by atoms with Gasteiger partial charge in [-0.1, -0.05) is 39.0 Å². The van der Waals surface area contributed by atoms with E-state index in [0.717, 1.165) is 19.5 Å². The summed E-state index contributed by atoms with van der Waals surface area (Å²) in [6.07, 6.45) is 6.28. The molecule has 0 bridgehead atoms. The van der Waals surface area contributed by atoms with Crippen molar-refractivity contribution < 1.29 is 4.79 Å². The van der Waals surface area contributed by atoms with Crippen molar-refractivity contribution in [2.45, 2.75) is 52.4 Å². The molecule has 1 aliphatic rings. The van der Waals surface area contributed by atoms with Crippen LogP contribution in [0.25, 0.3) is 10.9 Å². The number of carbonyl (C=O) groups is 1. The molecule has 2 N–H and O–H groups in total. The van der Waals surface area contributed by atoms with Gasteiger partial charge in [-0.05, 0) is 55.3 Å². The second-order valence-corrected chi connectivity index (χ2v) is 7.89. The first-order valence-corrected chi connectivity index (χ1v) is 10.2. The van der Waals surface area contributed by atoms with Crippen LogP contribution in [0.2, 0.25) is 0 Å². The number of amides is 1. The lowest BCUT2D eigenvalue weighted by Gasteiger charge is -2.21. The minimum Gasteiger partial charge on any atom is -0.361 e. The summed E-state index contributed by atoms with van der Waals surface area (Å²) in [5.41, 5.74) is 3.84. The van der Waals surface area contributed by atoms with E-state index in [0.29, 0.717) is 12.3 Å². The number of hydrogen-bond acceptors (Lipinski definition) is 2. The number of rotatable bonds is 8. The fourth-order valence-electron chi connectivity index (χ4n) is 4.18. The summed E-state index contributed by atoms with van der Waals surface area (Å²) < 4.78 is 0. The first-order valence-electron chi connectivity index (χ1n) is 10.2. The number of carbonyl (C=O) groups excluding carboxylic acids is 1. The van der Waals surface area contributed by atoms with E-state index < -0.39 is 0 Å². The lowest BCUT2D eigenvalue weighted by Crippen LogP contribution is -2.34. The maximum Gasteiger partial charge on any atom is 0.220 e. The summed E-state index contributed by atoms with van der Waals surface area (Å²) in [6.45, 7) is 10.7. The van der Waals surface area contributed by atoms with E-state index in [1.807, 2.05) is 0 Å². The van der Waals surface area contributed by atoms with Crippen molar-refractivity contribution in [3.63, 3.8) is 0 Å². The van der Waals surface area contributed by atoms with Gasteiger partial charge >= 0.3 is 0 Å². The second kappa shape index (κ2) is 8.72. The Bertz CT molecular complexity index is 728. The van der Waals surface area contributed by atoms with E-state index in [9.17, 15) is 4.79 Å². The maximum atomic E-state index is 12.5. The number of hydrogen-bond donors (Lipinski definition) is 2. The highest BCUT2D eigenvalue weighted by Crippen LogP contribution is 2.34. The van der Waals surface area contributed by atoms with Crippen LogP contribution in [0.5, 0.6) is 0 Å². The molecule has 1 amide bonds. The van der Waals surface area contributed by atoms with E-state index in [1.165, 1.54) is 48.0 Å². The van der Waals surface area contributed by atoms with Crippen LogP contribution in [0.3, 0.4) is 0 Å². The van der Waals surface area contributed by atoms with Gasteiger partial charge in [-0.25, -0.2) is 0 Å². The molecule has 2 heterocycles. The van der Waals surface area contributed by atoms with Gasteiger partial charge in [0.1, 0.15) is 0 Å². The number of fused-ring (bicyclic) bond motifs is 1. The quantitative estimate of drug-likeness (QED) is 0.750. The van der Waals surface area contributed by atoms with Gasteiger partial charge in [-0.2, -0.15) is 0 Å². The Morgan fingerprint density at radius 1 is 1.27 bits per heavy atom. The van der Waals surface area contributed by atoms with Crippen LogP contribution in [0.4, 0.5) is 0 Å². The molecule has 1 aromatic heterocycles. The Labute approximate surface area is 157 Å². The van der Waals surface area contributed by atoms with Gasteiger partial charge in [0.25, 0.3) is 0 Å². The smallest absolute Gasteiger partial charge is 0.220 e. The number of aryl methyl sites for hydroxylation is 1. The number of benzene rings is 1. The summed E-state index contributed by atoms with van der Waals surface area (Å²) >= 11 is 0. The molecule has 0 radical (unpaired) electrons. The van der Waals surface area contributed by atoms with Gasteiger partial charge in [-0.3, -0.25) is 4.79 Å². The van der Waals surface area contributed by atoms with Gasteiger partial charge in [0, 0.05) is 36.6 Å². The molecule has 0 saturated carbocycles. The SMILES string of the molecule is CCc1cccc2c([C@@H](CC(=O)NCCN3CCCC3)C(C)C)c[nH]c12. The van der Waals surface area contributed by atoms with Crippen molar-refractivity contribution in [2.75, 3.05) is 26.2 Å². The van der Waals surface area contributed by atoms with E-state index in [-0.39, 0.29) is 11.8 Å². The third-order valence-corrected chi connectivity index (χ3v) is 5.77. The highest BCUT2D eigenvalue weighted by atomic mass is 16.1. The van der Waals surface area contributed by atoms with Gasteiger partial charge in [0.15, 0.2) is 0 Å². The molecule has 26 heavy (non-hydrogen) atoms. The zero-order chi connectivity index (χ0) is 18.5. The van der Waals surface area contributed by atoms with Crippen molar-refractivity contribution in [1.29, 1.82) is 0 Å². The highest BCUT2D eigenvalue weighted by molar-refractivity contribution is 5.87. The molecule has 0 unspecified atom stereocenters. The maximum absolute atomic E-state index is 12.5. The summed E-state index contributed by atoms with van der Waals surface area (Å²) in [4.78, 5) is 18.4. The van der Waals surface area contributed by atoms with Crippen molar-refractivity contribution in [3.8, 4) is 0 Å². The van der Waals surface area contributed by atoms with Crippen molar-refractivity contribution in [3.05, 3.63) is 35.5 Å². The molecule has 1 aliphatic heterocycles. The summed E-state index contributed by atoms with van der Waals surface area (Å²) in [5, 5.41) is 4.41. The Balaban J connectivity index is 1.66. The molecule has 1 saturated heterocycles. The average molecular weight is 356 g/mol. The monoisotopic (exact) mass is 355 g/mol. The normalized spacial score (nSPS) is 16.5. The Hall–Kier alpha value is -1.81. The Kier molecular flexibility index (Phi) is 6.36.